The minimum absolute atomic E-state index is 0.130. The third-order valence-electron chi connectivity index (χ3n) is 6.23. The number of pyridine rings is 1. The molecule has 5 rings (SSSR count). The first-order valence-electron chi connectivity index (χ1n) is 9.67. The molecule has 2 aromatic heterocycles. The van der Waals surface area contributed by atoms with Crippen LogP contribution in [0.2, 0.25) is 0 Å². The Kier molecular flexibility index (Phi) is 4.09. The average molecular weight is 412 g/mol. The molecular formula is C20H20N4O4S. The van der Waals surface area contributed by atoms with Crippen LogP contribution in [0.4, 0.5) is 11.4 Å². The highest BCUT2D eigenvalue weighted by atomic mass is 32.2. The summed E-state index contributed by atoms with van der Waals surface area (Å²) < 4.78 is 27.2. The molecule has 0 amide bonds. The quantitative estimate of drug-likeness (QED) is 0.505. The maximum atomic E-state index is 13.1. The Labute approximate surface area is 167 Å². The maximum Gasteiger partial charge on any atom is 0.311 e. The summed E-state index contributed by atoms with van der Waals surface area (Å²) in [5.41, 5.74) is 0.416. The highest BCUT2D eigenvalue weighted by Crippen LogP contribution is 2.47. The molecule has 0 spiro atoms. The van der Waals surface area contributed by atoms with Crippen LogP contribution in [-0.4, -0.2) is 28.3 Å². The fourth-order valence-corrected chi connectivity index (χ4v) is 6.17. The van der Waals surface area contributed by atoms with Crippen LogP contribution in [0.15, 0.2) is 53.7 Å². The molecule has 29 heavy (non-hydrogen) atoms. The molecular weight excluding hydrogens is 392 g/mol. The predicted molar refractivity (Wildman–Crippen MR) is 108 cm³/mol. The first kappa shape index (κ1) is 18.1. The van der Waals surface area contributed by atoms with E-state index in [0.29, 0.717) is 22.9 Å². The first-order chi connectivity index (χ1) is 13.9. The summed E-state index contributed by atoms with van der Waals surface area (Å²) in [6.07, 6.45) is 7.07. The number of anilines is 1. The number of rotatable bonds is 5. The lowest BCUT2D eigenvalue weighted by Crippen LogP contribution is -2.26. The average Bonchev–Trinajstić information content (AvgIpc) is 3.44. The van der Waals surface area contributed by atoms with Crippen molar-refractivity contribution in [2.75, 3.05) is 5.32 Å². The van der Waals surface area contributed by atoms with E-state index >= 15 is 0 Å². The lowest BCUT2D eigenvalue weighted by Gasteiger charge is -2.24. The van der Waals surface area contributed by atoms with Crippen LogP contribution < -0.4 is 5.32 Å². The second kappa shape index (κ2) is 6.55. The van der Waals surface area contributed by atoms with E-state index in [0.717, 1.165) is 29.4 Å². The van der Waals surface area contributed by atoms with Crippen molar-refractivity contribution < 1.29 is 13.3 Å². The summed E-state index contributed by atoms with van der Waals surface area (Å²) in [6, 6.07) is 9.84. The van der Waals surface area contributed by atoms with E-state index in [9.17, 15) is 18.5 Å². The number of benzene rings is 1. The van der Waals surface area contributed by atoms with Gasteiger partial charge in [-0.15, -0.1) is 0 Å². The second-order valence-corrected chi connectivity index (χ2v) is 9.68. The zero-order chi connectivity index (χ0) is 20.2. The zero-order valence-corrected chi connectivity index (χ0v) is 16.4. The van der Waals surface area contributed by atoms with E-state index in [2.05, 4.69) is 10.3 Å². The van der Waals surface area contributed by atoms with Crippen molar-refractivity contribution in [1.82, 2.24) is 8.96 Å². The van der Waals surface area contributed by atoms with E-state index in [1.807, 2.05) is 0 Å². The van der Waals surface area contributed by atoms with Gasteiger partial charge in [0.15, 0.2) is 5.65 Å². The van der Waals surface area contributed by atoms with Gasteiger partial charge in [0.2, 0.25) is 0 Å². The molecule has 0 radical (unpaired) electrons. The van der Waals surface area contributed by atoms with Crippen LogP contribution in [-0.2, 0) is 10.0 Å². The van der Waals surface area contributed by atoms with Crippen molar-refractivity contribution in [1.29, 1.82) is 0 Å². The Balaban J connectivity index is 1.62. The van der Waals surface area contributed by atoms with Gasteiger partial charge in [0.25, 0.3) is 10.0 Å². The van der Waals surface area contributed by atoms with Crippen molar-refractivity contribution in [3.05, 3.63) is 58.9 Å². The number of hydrogen-bond acceptors (Lipinski definition) is 6. The third kappa shape index (κ3) is 2.88. The van der Waals surface area contributed by atoms with E-state index in [1.54, 1.807) is 24.3 Å². The van der Waals surface area contributed by atoms with Crippen molar-refractivity contribution >= 4 is 32.4 Å². The molecule has 2 aliphatic carbocycles. The van der Waals surface area contributed by atoms with E-state index < -0.39 is 14.9 Å². The van der Waals surface area contributed by atoms with Crippen molar-refractivity contribution in [3.8, 4) is 0 Å². The number of nitro groups is 1. The number of nitrogens with zero attached hydrogens (tertiary/aromatic N) is 3. The van der Waals surface area contributed by atoms with Gasteiger partial charge < -0.3 is 5.32 Å². The van der Waals surface area contributed by atoms with E-state index in [1.165, 1.54) is 24.8 Å². The van der Waals surface area contributed by atoms with Gasteiger partial charge in [-0.2, -0.15) is 0 Å². The molecule has 1 N–H and O–H groups in total. The van der Waals surface area contributed by atoms with Crippen molar-refractivity contribution in [3.63, 3.8) is 0 Å². The molecule has 3 unspecified atom stereocenters. The second-order valence-electron chi connectivity index (χ2n) is 7.87. The molecule has 2 heterocycles. The lowest BCUT2D eigenvalue weighted by atomic mass is 9.95. The normalized spacial score (nSPS) is 23.5. The minimum Gasteiger partial charge on any atom is -0.376 e. The van der Waals surface area contributed by atoms with Crippen LogP contribution >= 0.6 is 0 Å². The van der Waals surface area contributed by atoms with Crippen LogP contribution in [0.1, 0.15) is 25.7 Å². The van der Waals surface area contributed by atoms with Crippen LogP contribution in [0, 0.1) is 22.0 Å². The zero-order valence-electron chi connectivity index (χ0n) is 15.6. The molecule has 3 atom stereocenters. The Morgan fingerprint density at radius 3 is 2.59 bits per heavy atom. The standard InChI is InChI=1S/C20H20N4O4S/c25-24(26)18-12-21-20-16(19(18)22-17-11-13-6-7-14(17)10-13)8-9-23(20)29(27,28)15-4-2-1-3-5-15/h1-5,8-9,12-14,17H,6-7,10-11H2,(H,21,22). The van der Waals surface area contributed by atoms with Gasteiger partial charge in [-0.05, 0) is 49.3 Å². The fraction of sp³-hybridized carbons (Fsp3) is 0.350. The van der Waals surface area contributed by atoms with Crippen molar-refractivity contribution in [2.45, 2.75) is 36.6 Å². The summed E-state index contributed by atoms with van der Waals surface area (Å²) in [7, 11) is -3.85. The first-order valence-corrected chi connectivity index (χ1v) is 11.1. The summed E-state index contributed by atoms with van der Waals surface area (Å²) in [6.45, 7) is 0. The van der Waals surface area contributed by atoms with Gasteiger partial charge in [0.1, 0.15) is 11.9 Å². The number of aromatic nitrogens is 2. The Bertz CT molecular complexity index is 1210. The number of nitrogens with one attached hydrogen (secondary N) is 1. The van der Waals surface area contributed by atoms with Crippen LogP contribution in [0.25, 0.3) is 11.0 Å². The maximum absolute atomic E-state index is 13.1. The van der Waals surface area contributed by atoms with Gasteiger partial charge in [-0.25, -0.2) is 17.4 Å². The monoisotopic (exact) mass is 412 g/mol. The SMILES string of the molecule is O=[N+]([O-])c1cnc2c(ccn2S(=O)(=O)c2ccccc2)c1NC1CC2CCC1C2. The van der Waals surface area contributed by atoms with Gasteiger partial charge in [-0.3, -0.25) is 10.1 Å². The third-order valence-corrected chi connectivity index (χ3v) is 7.91. The topological polar surface area (TPSA) is 107 Å². The molecule has 2 saturated carbocycles. The van der Waals surface area contributed by atoms with Gasteiger partial charge >= 0.3 is 5.69 Å². The van der Waals surface area contributed by atoms with Gasteiger partial charge in [-0.1, -0.05) is 24.6 Å². The van der Waals surface area contributed by atoms with Gasteiger partial charge in [0, 0.05) is 12.2 Å². The molecule has 1 aromatic carbocycles. The summed E-state index contributed by atoms with van der Waals surface area (Å²) in [4.78, 5) is 15.4. The Morgan fingerprint density at radius 2 is 1.93 bits per heavy atom. The molecule has 9 heteroatoms. The van der Waals surface area contributed by atoms with E-state index in [4.69, 9.17) is 0 Å². The van der Waals surface area contributed by atoms with Gasteiger partial charge in [0.05, 0.1) is 15.2 Å². The molecule has 2 bridgehead atoms. The van der Waals surface area contributed by atoms with Crippen LogP contribution in [0.5, 0.6) is 0 Å². The summed E-state index contributed by atoms with van der Waals surface area (Å²) in [5.74, 6) is 1.19. The molecule has 3 aromatic rings. The summed E-state index contributed by atoms with van der Waals surface area (Å²) in [5, 5.41) is 15.5. The van der Waals surface area contributed by atoms with Crippen molar-refractivity contribution in [2.24, 2.45) is 11.8 Å². The fourth-order valence-electron chi connectivity index (χ4n) is 4.85. The number of hydrogen-bond donors (Lipinski definition) is 1. The van der Waals surface area contributed by atoms with Crippen LogP contribution in [0.3, 0.4) is 0 Å². The molecule has 150 valence electrons. The number of fused-ring (bicyclic) bond motifs is 3. The molecule has 0 aliphatic heterocycles. The molecule has 2 aliphatic rings. The molecule has 0 saturated heterocycles. The van der Waals surface area contributed by atoms with E-state index in [-0.39, 0.29) is 22.3 Å². The largest absolute Gasteiger partial charge is 0.376 e. The molecule has 2 fully saturated rings. The smallest absolute Gasteiger partial charge is 0.311 e. The molecule has 8 nitrogen and oxygen atoms in total. The highest BCUT2D eigenvalue weighted by Gasteiger charge is 2.40. The Morgan fingerprint density at radius 1 is 1.14 bits per heavy atom. The highest BCUT2D eigenvalue weighted by molar-refractivity contribution is 7.90. The summed E-state index contributed by atoms with van der Waals surface area (Å²) >= 11 is 0. The lowest BCUT2D eigenvalue weighted by molar-refractivity contribution is -0.384. The predicted octanol–water partition coefficient (Wildman–Crippen LogP) is 3.78. The minimum atomic E-state index is -3.85. The Hall–Kier alpha value is -2.94.